The molecule has 6 nitrogen and oxygen atoms in total. The molecule has 6 heteroatoms. The van der Waals surface area contributed by atoms with Crippen LogP contribution >= 0.6 is 0 Å². The lowest BCUT2D eigenvalue weighted by molar-refractivity contribution is -0.167. The van der Waals surface area contributed by atoms with Gasteiger partial charge in [-0.15, -0.1) is 0 Å². The molecule has 0 saturated heterocycles. The second-order valence-corrected chi connectivity index (χ2v) is 20.1. The van der Waals surface area contributed by atoms with Crippen LogP contribution in [0, 0.1) is 5.92 Å². The number of hydrogen-bond donors (Lipinski definition) is 0. The maximum atomic E-state index is 12.8. The molecule has 0 spiro atoms. The Kier molecular flexibility index (Phi) is 50.1. The quantitative estimate of drug-likeness (QED) is 0.0344. The van der Waals surface area contributed by atoms with Gasteiger partial charge in [-0.25, -0.2) is 0 Å². The second kappa shape index (κ2) is 51.4. The van der Waals surface area contributed by atoms with E-state index in [-0.39, 0.29) is 31.1 Å². The summed E-state index contributed by atoms with van der Waals surface area (Å²) in [6.07, 6.45) is 55.3. The third-order valence-electron chi connectivity index (χ3n) is 13.0. The minimum absolute atomic E-state index is 0.0625. The van der Waals surface area contributed by atoms with E-state index in [0.29, 0.717) is 19.3 Å². The zero-order valence-electron chi connectivity index (χ0n) is 43.0. The molecular weight excluding hydrogens is 781 g/mol. The molecule has 0 aliphatic rings. The molecule has 0 bridgehead atoms. The molecule has 0 fully saturated rings. The highest BCUT2D eigenvalue weighted by Crippen LogP contribution is 2.18. The number of carbonyl (C=O) groups excluding carboxylic acids is 3. The molecule has 374 valence electrons. The number of ether oxygens (including phenoxy) is 3. The van der Waals surface area contributed by atoms with Crippen LogP contribution in [0.25, 0.3) is 0 Å². The summed E-state index contributed by atoms with van der Waals surface area (Å²) < 4.78 is 16.9. The summed E-state index contributed by atoms with van der Waals surface area (Å²) in [5.74, 6) is -0.0435. The minimum Gasteiger partial charge on any atom is -0.462 e. The van der Waals surface area contributed by atoms with Crippen molar-refractivity contribution in [1.29, 1.82) is 0 Å². The first-order valence-electron chi connectivity index (χ1n) is 28.4. The van der Waals surface area contributed by atoms with Crippen molar-refractivity contribution in [3.63, 3.8) is 0 Å². The smallest absolute Gasteiger partial charge is 0.306 e. The van der Waals surface area contributed by atoms with Gasteiger partial charge in [0.2, 0.25) is 0 Å². The van der Waals surface area contributed by atoms with E-state index in [1.807, 2.05) is 0 Å². The third kappa shape index (κ3) is 51.3. The highest BCUT2D eigenvalue weighted by atomic mass is 16.6. The highest BCUT2D eigenvalue weighted by Gasteiger charge is 2.19. The Morgan fingerprint density at radius 2 is 0.524 bits per heavy atom. The standard InChI is InChI=1S/C57H110O6/c1-5-7-9-11-13-15-17-19-21-22-23-24-26-28-30-32-38-42-46-50-57(60)63-54(52-62-56(59)49-45-41-37-34-33-35-39-43-47-53(3)4)51-61-55(58)48-44-40-36-31-29-27-25-20-18-16-14-12-10-8-6-2/h53-54H,5-52H2,1-4H3/t54-/m1/s1. The molecule has 0 aliphatic heterocycles. The summed E-state index contributed by atoms with van der Waals surface area (Å²) in [6, 6.07) is 0. The lowest BCUT2D eigenvalue weighted by Crippen LogP contribution is -2.30. The lowest BCUT2D eigenvalue weighted by atomic mass is 10.0. The van der Waals surface area contributed by atoms with E-state index < -0.39 is 6.10 Å². The summed E-state index contributed by atoms with van der Waals surface area (Å²) >= 11 is 0. The van der Waals surface area contributed by atoms with Gasteiger partial charge in [0.1, 0.15) is 13.2 Å². The Labute approximate surface area is 393 Å². The van der Waals surface area contributed by atoms with Gasteiger partial charge in [0.25, 0.3) is 0 Å². The summed E-state index contributed by atoms with van der Waals surface area (Å²) in [6.45, 7) is 9.02. The number of rotatable bonds is 52. The van der Waals surface area contributed by atoms with Gasteiger partial charge in [-0.05, 0) is 25.2 Å². The molecule has 1 atom stereocenters. The molecular formula is C57H110O6. The van der Waals surface area contributed by atoms with Gasteiger partial charge in [0.05, 0.1) is 0 Å². The first-order chi connectivity index (χ1) is 30.9. The molecule has 0 radical (unpaired) electrons. The second-order valence-electron chi connectivity index (χ2n) is 20.1. The van der Waals surface area contributed by atoms with E-state index in [0.717, 1.165) is 63.7 Å². The van der Waals surface area contributed by atoms with E-state index in [9.17, 15) is 14.4 Å². The van der Waals surface area contributed by atoms with Crippen molar-refractivity contribution in [1.82, 2.24) is 0 Å². The first-order valence-corrected chi connectivity index (χ1v) is 28.4. The molecule has 0 heterocycles. The Morgan fingerprint density at radius 1 is 0.302 bits per heavy atom. The molecule has 0 unspecified atom stereocenters. The molecule has 0 N–H and O–H groups in total. The van der Waals surface area contributed by atoms with E-state index in [2.05, 4.69) is 27.7 Å². The molecule has 0 saturated carbocycles. The lowest BCUT2D eigenvalue weighted by Gasteiger charge is -2.18. The number of hydrogen-bond acceptors (Lipinski definition) is 6. The van der Waals surface area contributed by atoms with Crippen LogP contribution in [-0.4, -0.2) is 37.2 Å². The molecule has 0 aromatic rings. The fourth-order valence-electron chi connectivity index (χ4n) is 8.75. The van der Waals surface area contributed by atoms with Gasteiger partial charge in [-0.2, -0.15) is 0 Å². The van der Waals surface area contributed by atoms with Gasteiger partial charge in [0.15, 0.2) is 6.10 Å². The maximum Gasteiger partial charge on any atom is 0.306 e. The van der Waals surface area contributed by atoms with Crippen LogP contribution in [0.4, 0.5) is 0 Å². The SMILES string of the molecule is CCCCCCCCCCCCCCCCCCCCCC(=O)O[C@H](COC(=O)CCCCCCCCCCCCCCCCC)COC(=O)CCCCCCCCCCC(C)C. The normalized spacial score (nSPS) is 12.0. The Bertz CT molecular complexity index is 949. The van der Waals surface area contributed by atoms with E-state index in [1.54, 1.807) is 0 Å². The monoisotopic (exact) mass is 891 g/mol. The maximum absolute atomic E-state index is 12.8. The van der Waals surface area contributed by atoms with E-state index in [4.69, 9.17) is 14.2 Å². The Hall–Kier alpha value is -1.59. The summed E-state index contributed by atoms with van der Waals surface area (Å²) in [5.41, 5.74) is 0. The van der Waals surface area contributed by atoms with Crippen molar-refractivity contribution < 1.29 is 28.6 Å². The highest BCUT2D eigenvalue weighted by molar-refractivity contribution is 5.71. The van der Waals surface area contributed by atoms with Crippen LogP contribution in [0.15, 0.2) is 0 Å². The van der Waals surface area contributed by atoms with Crippen LogP contribution in [0.1, 0.15) is 323 Å². The predicted octanol–water partition coefficient (Wildman–Crippen LogP) is 18.6. The molecule has 0 aliphatic carbocycles. The fraction of sp³-hybridized carbons (Fsp3) is 0.947. The van der Waals surface area contributed by atoms with Crippen molar-refractivity contribution in [2.24, 2.45) is 5.92 Å². The van der Waals surface area contributed by atoms with Crippen molar-refractivity contribution in [3.05, 3.63) is 0 Å². The largest absolute Gasteiger partial charge is 0.462 e. The van der Waals surface area contributed by atoms with Gasteiger partial charge in [-0.1, -0.05) is 285 Å². The Morgan fingerprint density at radius 3 is 0.778 bits per heavy atom. The predicted molar refractivity (Wildman–Crippen MR) is 270 cm³/mol. The minimum atomic E-state index is -0.762. The number of carbonyl (C=O) groups is 3. The number of esters is 3. The summed E-state index contributed by atoms with van der Waals surface area (Å²) in [4.78, 5) is 38.1. The van der Waals surface area contributed by atoms with E-state index >= 15 is 0 Å². The van der Waals surface area contributed by atoms with Crippen molar-refractivity contribution in [2.45, 2.75) is 329 Å². The van der Waals surface area contributed by atoms with E-state index in [1.165, 1.54) is 218 Å². The van der Waals surface area contributed by atoms with Crippen LogP contribution in [-0.2, 0) is 28.6 Å². The van der Waals surface area contributed by atoms with Gasteiger partial charge in [0, 0.05) is 19.3 Å². The van der Waals surface area contributed by atoms with Crippen molar-refractivity contribution in [2.75, 3.05) is 13.2 Å². The van der Waals surface area contributed by atoms with Crippen LogP contribution in [0.5, 0.6) is 0 Å². The zero-order chi connectivity index (χ0) is 45.9. The topological polar surface area (TPSA) is 78.9 Å². The van der Waals surface area contributed by atoms with Gasteiger partial charge < -0.3 is 14.2 Å². The van der Waals surface area contributed by atoms with Crippen LogP contribution in [0.2, 0.25) is 0 Å². The van der Waals surface area contributed by atoms with Crippen molar-refractivity contribution in [3.8, 4) is 0 Å². The molecule has 0 rings (SSSR count). The first kappa shape index (κ1) is 61.4. The number of unbranched alkanes of at least 4 members (excludes halogenated alkanes) is 39. The van der Waals surface area contributed by atoms with Crippen LogP contribution < -0.4 is 0 Å². The van der Waals surface area contributed by atoms with Gasteiger partial charge >= 0.3 is 17.9 Å². The third-order valence-corrected chi connectivity index (χ3v) is 13.0. The average Bonchev–Trinajstić information content (AvgIpc) is 3.27. The summed E-state index contributed by atoms with van der Waals surface area (Å²) in [7, 11) is 0. The summed E-state index contributed by atoms with van der Waals surface area (Å²) in [5, 5.41) is 0. The molecule has 0 amide bonds. The molecule has 0 aromatic carbocycles. The fourth-order valence-corrected chi connectivity index (χ4v) is 8.75. The van der Waals surface area contributed by atoms with Crippen molar-refractivity contribution >= 4 is 17.9 Å². The molecule has 0 aromatic heterocycles. The van der Waals surface area contributed by atoms with Gasteiger partial charge in [-0.3, -0.25) is 14.4 Å². The Balaban J connectivity index is 4.26. The average molecular weight is 892 g/mol. The van der Waals surface area contributed by atoms with Crippen LogP contribution in [0.3, 0.4) is 0 Å². The molecule has 63 heavy (non-hydrogen) atoms. The zero-order valence-corrected chi connectivity index (χ0v) is 43.0.